The molecule has 16 nitrogen and oxygen atoms in total. The van der Waals surface area contributed by atoms with Crippen LogP contribution in [-0.4, -0.2) is 123 Å². The fourth-order valence-corrected chi connectivity index (χ4v) is 11.9. The van der Waals surface area contributed by atoms with Crippen LogP contribution in [0.3, 0.4) is 0 Å². The van der Waals surface area contributed by atoms with Gasteiger partial charge in [0, 0.05) is 48.2 Å². The van der Waals surface area contributed by atoms with E-state index in [1.165, 1.54) is 18.3 Å². The van der Waals surface area contributed by atoms with Crippen LogP contribution in [0, 0.1) is 17.8 Å². The topological polar surface area (TPSA) is 207 Å². The van der Waals surface area contributed by atoms with Crippen molar-refractivity contribution in [2.24, 2.45) is 17.8 Å². The molecule has 3 aromatic rings. The highest BCUT2D eigenvalue weighted by Gasteiger charge is 2.66. The first-order valence-electron chi connectivity index (χ1n) is 23.4. The van der Waals surface area contributed by atoms with Crippen molar-refractivity contribution >= 4 is 45.2 Å². The molecule has 2 aromatic heterocycles. The molecule has 5 aliphatic rings. The van der Waals surface area contributed by atoms with Crippen LogP contribution in [0.4, 0.5) is 18.0 Å². The lowest BCUT2D eigenvalue weighted by Crippen LogP contribution is -2.71. The third kappa shape index (κ3) is 10.2. The molecule has 8 rings (SSSR count). The van der Waals surface area contributed by atoms with E-state index >= 15 is 18.0 Å². The van der Waals surface area contributed by atoms with Gasteiger partial charge in [-0.25, -0.2) is 23.2 Å². The zero-order valence-electron chi connectivity index (χ0n) is 39.2. The monoisotopic (exact) mass is 1000 g/mol. The zero-order valence-corrected chi connectivity index (χ0v) is 40.8. The number of halogens is 3. The Hall–Kier alpha value is -5.28. The molecule has 69 heavy (non-hydrogen) atoms. The maximum absolute atomic E-state index is 15.5. The summed E-state index contributed by atoms with van der Waals surface area (Å²) in [5.41, 5.74) is -3.21. The first-order valence-corrected chi connectivity index (χ1v) is 25.8. The highest BCUT2D eigenvalue weighted by molar-refractivity contribution is 7.91. The quantitative estimate of drug-likeness (QED) is 0.161. The van der Waals surface area contributed by atoms with Gasteiger partial charge in [0.2, 0.25) is 21.8 Å². The fraction of sp³-hybridized carbons (Fsp3) is 0.583. The van der Waals surface area contributed by atoms with Crippen molar-refractivity contribution in [2.45, 2.75) is 139 Å². The standard InChI is InChI=1S/C48H59F3N6O10S2/c1-28(2)66-33-13-11-31(12-14-33)36-22-34(23-37(53-36)41-52-18-20-68-41)67-35-24-38-40(58)54-47(43(60)55-69(63,64)45(5)16-17-45)25-32(47)10-7-6-9-29(3)21-30(4)39(42(59)56(38)26-35)57(44(61)62)46(48(49,50)51)15-8-19-65-27-46/h7,10-14,18,20,22-23,28-30,32,35,38-39H,6,8-9,15-17,19,21,24-27H2,1-5H3,(H,54,58)(H,55,60)(H,61,62)/b10-7-/t29-,30+,32+,35+,38-,39-,46?,47+/m0/s1. The number of rotatable bonds is 11. The number of hydrogen-bond donors (Lipinski definition) is 3. The summed E-state index contributed by atoms with van der Waals surface area (Å²) in [6, 6.07) is 7.11. The molecule has 4 amide bonds. The number of allylic oxidation sites excluding steroid dienone is 1. The SMILES string of the molecule is CC(C)Oc1ccc(-c2cc(O[C@@H]3C[C@H]4C(=O)N[C@]5(C(=O)NS(=O)(=O)C6(C)CC6)C[C@H]5/C=C\CC[C@H](C)C[C@@H](C)[C@H](N(C(=O)O)C5(C(F)(F)F)CCCOC5)C(=O)N4C3)cc(-c3nccs3)n2)cc1. The van der Waals surface area contributed by atoms with Crippen LogP contribution in [0.1, 0.15) is 92.4 Å². The van der Waals surface area contributed by atoms with Gasteiger partial charge in [-0.05, 0) is 108 Å². The average Bonchev–Trinajstić information content (AvgIpc) is 4.04. The van der Waals surface area contributed by atoms with Crippen molar-refractivity contribution in [1.29, 1.82) is 0 Å². The molecule has 0 spiro atoms. The van der Waals surface area contributed by atoms with Gasteiger partial charge in [0.1, 0.15) is 45.9 Å². The lowest BCUT2D eigenvalue weighted by Gasteiger charge is -2.50. The molecule has 21 heteroatoms. The second-order valence-corrected chi connectivity index (χ2v) is 22.9. The number of fused-ring (bicyclic) bond motifs is 2. The van der Waals surface area contributed by atoms with Crippen LogP contribution >= 0.6 is 11.3 Å². The molecule has 2 saturated heterocycles. The molecule has 5 heterocycles. The molecule has 1 aromatic carbocycles. The minimum Gasteiger partial charge on any atom is -0.491 e. The highest BCUT2D eigenvalue weighted by atomic mass is 32.2. The largest absolute Gasteiger partial charge is 0.491 e. The maximum atomic E-state index is 15.5. The number of nitrogens with zero attached hydrogens (tertiary/aromatic N) is 4. The smallest absolute Gasteiger partial charge is 0.414 e. The van der Waals surface area contributed by atoms with Crippen molar-refractivity contribution in [1.82, 2.24) is 29.8 Å². The maximum Gasteiger partial charge on any atom is 0.414 e. The fourth-order valence-electron chi connectivity index (χ4n) is 9.99. The Morgan fingerprint density at radius 1 is 1.07 bits per heavy atom. The average molecular weight is 1000 g/mol. The van der Waals surface area contributed by atoms with E-state index < -0.39 is 98.9 Å². The molecule has 0 radical (unpaired) electrons. The number of sulfonamides is 1. The van der Waals surface area contributed by atoms with E-state index in [0.29, 0.717) is 53.4 Å². The summed E-state index contributed by atoms with van der Waals surface area (Å²) in [7, 11) is -4.16. The summed E-state index contributed by atoms with van der Waals surface area (Å²) < 4.78 is 92.3. The van der Waals surface area contributed by atoms with Gasteiger partial charge in [0.25, 0.3) is 5.91 Å². The first kappa shape index (κ1) is 50.1. The number of carbonyl (C=O) groups is 4. The Morgan fingerprint density at radius 2 is 1.80 bits per heavy atom. The third-order valence-electron chi connectivity index (χ3n) is 14.2. The summed E-state index contributed by atoms with van der Waals surface area (Å²) in [4.78, 5) is 68.7. The molecule has 2 aliphatic carbocycles. The Morgan fingerprint density at radius 3 is 2.42 bits per heavy atom. The lowest BCUT2D eigenvalue weighted by molar-refractivity contribution is -0.260. The van der Waals surface area contributed by atoms with E-state index in [1.54, 1.807) is 48.8 Å². The second kappa shape index (κ2) is 19.1. The second-order valence-electron chi connectivity index (χ2n) is 19.8. The first-order chi connectivity index (χ1) is 32.6. The van der Waals surface area contributed by atoms with Crippen LogP contribution < -0.4 is 19.5 Å². The normalized spacial score (nSPS) is 29.9. The van der Waals surface area contributed by atoms with E-state index in [-0.39, 0.29) is 61.5 Å². The predicted molar refractivity (Wildman–Crippen MR) is 249 cm³/mol. The number of nitrogens with one attached hydrogen (secondary N) is 2. The van der Waals surface area contributed by atoms with E-state index in [9.17, 15) is 27.9 Å². The third-order valence-corrected chi connectivity index (χ3v) is 17.1. The van der Waals surface area contributed by atoms with Crippen molar-refractivity contribution in [3.05, 3.63) is 60.1 Å². The molecule has 3 N–H and O–H groups in total. The van der Waals surface area contributed by atoms with Crippen LogP contribution in [0.2, 0.25) is 0 Å². The molecular formula is C48H59F3N6O10S2. The lowest BCUT2D eigenvalue weighted by atomic mass is 9.82. The number of aromatic nitrogens is 2. The summed E-state index contributed by atoms with van der Waals surface area (Å²) in [6.45, 7) is 7.31. The molecule has 2 saturated carbocycles. The number of thiazole rings is 1. The molecule has 1 unspecified atom stereocenters. The van der Waals surface area contributed by atoms with E-state index in [2.05, 4.69) is 15.0 Å². The van der Waals surface area contributed by atoms with Gasteiger partial charge in [-0.3, -0.25) is 24.0 Å². The van der Waals surface area contributed by atoms with Gasteiger partial charge in [-0.1, -0.05) is 26.0 Å². The summed E-state index contributed by atoms with van der Waals surface area (Å²) in [6.07, 6.45) is -2.25. The Kier molecular flexibility index (Phi) is 13.9. The van der Waals surface area contributed by atoms with Crippen LogP contribution in [-0.2, 0) is 29.1 Å². The highest BCUT2D eigenvalue weighted by Crippen LogP contribution is 2.49. The minimum absolute atomic E-state index is 0.0346. The van der Waals surface area contributed by atoms with Crippen molar-refractivity contribution in [3.63, 3.8) is 0 Å². The van der Waals surface area contributed by atoms with E-state index in [1.807, 2.05) is 39.0 Å². The molecule has 4 fully saturated rings. The molecule has 0 bridgehead atoms. The van der Waals surface area contributed by atoms with E-state index in [4.69, 9.17) is 19.2 Å². The van der Waals surface area contributed by atoms with Crippen molar-refractivity contribution in [3.8, 4) is 33.5 Å². The Bertz CT molecular complexity index is 2550. The molecule has 374 valence electrons. The molecular weight excluding hydrogens is 942 g/mol. The molecule has 3 aliphatic heterocycles. The summed E-state index contributed by atoms with van der Waals surface area (Å²) in [5, 5.41) is 16.0. The van der Waals surface area contributed by atoms with Crippen LogP contribution in [0.15, 0.2) is 60.1 Å². The minimum atomic E-state index is -5.17. The van der Waals surface area contributed by atoms with Gasteiger partial charge in [-0.15, -0.1) is 11.3 Å². The predicted octanol–water partition coefficient (Wildman–Crippen LogP) is 7.35. The Balaban J connectivity index is 1.20. The number of carboxylic acid groups (broad SMARTS) is 1. The number of amides is 4. The number of carbonyl (C=O) groups excluding carboxylic acids is 3. The number of alkyl halides is 3. The zero-order chi connectivity index (χ0) is 49.7. The Labute approximate surface area is 403 Å². The van der Waals surface area contributed by atoms with Gasteiger partial charge < -0.3 is 29.5 Å². The molecule has 8 atom stereocenters. The number of benzene rings is 1. The van der Waals surface area contributed by atoms with Crippen molar-refractivity contribution in [2.75, 3.05) is 19.8 Å². The summed E-state index contributed by atoms with van der Waals surface area (Å²) in [5.74, 6) is -3.83. The summed E-state index contributed by atoms with van der Waals surface area (Å²) >= 11 is 1.33. The number of pyridine rings is 1. The van der Waals surface area contributed by atoms with Crippen molar-refractivity contribution < 1.29 is 60.1 Å². The van der Waals surface area contributed by atoms with Gasteiger partial charge in [0.15, 0.2) is 5.54 Å². The van der Waals surface area contributed by atoms with Crippen LogP contribution in [0.25, 0.3) is 22.0 Å². The number of ether oxygens (including phenoxy) is 3. The van der Waals surface area contributed by atoms with Crippen LogP contribution in [0.5, 0.6) is 11.5 Å². The van der Waals surface area contributed by atoms with Gasteiger partial charge >= 0.3 is 12.3 Å². The van der Waals surface area contributed by atoms with E-state index in [0.717, 1.165) is 4.90 Å². The number of hydrogen-bond acceptors (Lipinski definition) is 12. The van der Waals surface area contributed by atoms with Gasteiger partial charge in [-0.2, -0.15) is 13.2 Å². The van der Waals surface area contributed by atoms with Gasteiger partial charge in [0.05, 0.1) is 29.7 Å².